The van der Waals surface area contributed by atoms with Gasteiger partial charge in [0.25, 0.3) is 0 Å². The van der Waals surface area contributed by atoms with E-state index in [1.807, 2.05) is 18.2 Å². The van der Waals surface area contributed by atoms with Crippen LogP contribution in [0.5, 0.6) is 11.6 Å². The summed E-state index contributed by atoms with van der Waals surface area (Å²) in [7, 11) is 0. The fraction of sp³-hybridized carbons (Fsp3) is 0. The lowest BCUT2D eigenvalue weighted by atomic mass is 10.3. The van der Waals surface area contributed by atoms with Crippen LogP contribution in [0.1, 0.15) is 0 Å². The summed E-state index contributed by atoms with van der Waals surface area (Å²) in [5, 5.41) is 6.51. The van der Waals surface area contributed by atoms with E-state index in [0.29, 0.717) is 11.6 Å². The number of rotatable bonds is 2. The highest BCUT2D eigenvalue weighted by Crippen LogP contribution is 2.16. The number of aromatic amines is 1. The van der Waals surface area contributed by atoms with Crippen molar-refractivity contribution >= 4 is 0 Å². The van der Waals surface area contributed by atoms with Crippen LogP contribution in [-0.2, 0) is 0 Å². The van der Waals surface area contributed by atoms with Gasteiger partial charge in [0.1, 0.15) is 5.75 Å². The lowest BCUT2D eigenvalue weighted by Gasteiger charge is -1.98. The Morgan fingerprint density at radius 3 is 3.00 bits per heavy atom. The van der Waals surface area contributed by atoms with Crippen LogP contribution in [0.2, 0.25) is 0 Å². The van der Waals surface area contributed by atoms with Crippen molar-refractivity contribution in [1.82, 2.24) is 10.2 Å². The summed E-state index contributed by atoms with van der Waals surface area (Å²) in [6.07, 6.45) is 1.71. The fourth-order valence-electron chi connectivity index (χ4n) is 0.857. The maximum atomic E-state index is 5.32. The quantitative estimate of drug-likeness (QED) is 0.727. The molecule has 1 aromatic carbocycles. The predicted molar refractivity (Wildman–Crippen MR) is 43.9 cm³/mol. The Bertz CT molecular complexity index is 329. The van der Waals surface area contributed by atoms with E-state index in [0.717, 1.165) is 0 Å². The second-order valence-corrected chi connectivity index (χ2v) is 2.24. The largest absolute Gasteiger partial charge is 0.437 e. The molecule has 3 heteroatoms. The lowest BCUT2D eigenvalue weighted by Crippen LogP contribution is -1.82. The minimum Gasteiger partial charge on any atom is -0.437 e. The zero-order chi connectivity index (χ0) is 8.23. The van der Waals surface area contributed by atoms with E-state index >= 15 is 0 Å². The van der Waals surface area contributed by atoms with Gasteiger partial charge >= 0.3 is 0 Å². The van der Waals surface area contributed by atoms with Gasteiger partial charge in [-0.1, -0.05) is 18.2 Å². The molecule has 0 aliphatic carbocycles. The topological polar surface area (TPSA) is 37.9 Å². The number of H-pyrrole nitrogens is 1. The first-order valence-electron chi connectivity index (χ1n) is 3.59. The Labute approximate surface area is 70.0 Å². The molecule has 12 heavy (non-hydrogen) atoms. The molecule has 0 fully saturated rings. The van der Waals surface area contributed by atoms with Gasteiger partial charge in [0.05, 0.1) is 0 Å². The Morgan fingerprint density at radius 2 is 2.33 bits per heavy atom. The van der Waals surface area contributed by atoms with E-state index in [4.69, 9.17) is 4.74 Å². The number of hydrogen-bond acceptors (Lipinski definition) is 2. The first-order valence-corrected chi connectivity index (χ1v) is 3.59. The molecule has 3 nitrogen and oxygen atoms in total. The van der Waals surface area contributed by atoms with Gasteiger partial charge in [-0.3, -0.25) is 5.10 Å². The van der Waals surface area contributed by atoms with Crippen LogP contribution < -0.4 is 4.74 Å². The average molecular weight is 159 g/mol. The van der Waals surface area contributed by atoms with E-state index in [1.54, 1.807) is 18.3 Å². The van der Waals surface area contributed by atoms with E-state index in [2.05, 4.69) is 16.3 Å². The molecule has 0 bridgehead atoms. The molecule has 0 atom stereocenters. The molecule has 1 heterocycles. The number of benzene rings is 1. The highest BCUT2D eigenvalue weighted by Gasteiger charge is 1.95. The van der Waals surface area contributed by atoms with Gasteiger partial charge in [0.2, 0.25) is 5.88 Å². The molecule has 2 aromatic rings. The summed E-state index contributed by atoms with van der Waals surface area (Å²) in [6.45, 7) is 0. The zero-order valence-electron chi connectivity index (χ0n) is 6.32. The van der Waals surface area contributed by atoms with Gasteiger partial charge in [-0.15, -0.1) is 5.10 Å². The Balaban J connectivity index is 2.15. The van der Waals surface area contributed by atoms with Crippen LogP contribution in [0.3, 0.4) is 0 Å². The van der Waals surface area contributed by atoms with Crippen LogP contribution in [0.25, 0.3) is 0 Å². The van der Waals surface area contributed by atoms with Crippen molar-refractivity contribution in [2.24, 2.45) is 0 Å². The Morgan fingerprint density at radius 1 is 1.33 bits per heavy atom. The number of para-hydroxylation sites is 1. The highest BCUT2D eigenvalue weighted by molar-refractivity contribution is 5.24. The second kappa shape index (κ2) is 3.09. The predicted octanol–water partition coefficient (Wildman–Crippen LogP) is 2.00. The number of ether oxygens (including phenoxy) is 1. The van der Waals surface area contributed by atoms with Crippen molar-refractivity contribution in [2.45, 2.75) is 0 Å². The fourth-order valence-corrected chi connectivity index (χ4v) is 0.857. The normalized spacial score (nSPS) is 9.67. The highest BCUT2D eigenvalue weighted by atomic mass is 16.5. The van der Waals surface area contributed by atoms with Gasteiger partial charge in [0.15, 0.2) is 0 Å². The summed E-state index contributed by atoms with van der Waals surface area (Å²) in [4.78, 5) is 0. The van der Waals surface area contributed by atoms with Crippen molar-refractivity contribution in [3.63, 3.8) is 0 Å². The molecule has 2 rings (SSSR count). The zero-order valence-corrected chi connectivity index (χ0v) is 6.32. The molecular weight excluding hydrogens is 152 g/mol. The molecule has 1 aromatic heterocycles. The molecule has 0 unspecified atom stereocenters. The van der Waals surface area contributed by atoms with Crippen molar-refractivity contribution in [3.8, 4) is 11.6 Å². The third-order valence-corrected chi connectivity index (χ3v) is 1.37. The van der Waals surface area contributed by atoms with Crippen molar-refractivity contribution in [1.29, 1.82) is 0 Å². The van der Waals surface area contributed by atoms with E-state index in [-0.39, 0.29) is 0 Å². The van der Waals surface area contributed by atoms with Crippen molar-refractivity contribution < 1.29 is 4.74 Å². The molecule has 0 saturated heterocycles. The summed E-state index contributed by atoms with van der Waals surface area (Å²) in [6, 6.07) is 12.1. The van der Waals surface area contributed by atoms with Gasteiger partial charge < -0.3 is 4.74 Å². The maximum absolute atomic E-state index is 5.32. The van der Waals surface area contributed by atoms with Crippen LogP contribution in [0.15, 0.2) is 36.5 Å². The summed E-state index contributed by atoms with van der Waals surface area (Å²) >= 11 is 0. The van der Waals surface area contributed by atoms with Crippen LogP contribution >= 0.6 is 0 Å². The molecule has 0 aliphatic heterocycles. The van der Waals surface area contributed by atoms with Gasteiger partial charge in [-0.2, -0.15) is 0 Å². The maximum Gasteiger partial charge on any atom is 0.237 e. The summed E-state index contributed by atoms with van der Waals surface area (Å²) in [5.74, 6) is 1.22. The third kappa shape index (κ3) is 1.45. The van der Waals surface area contributed by atoms with E-state index in [9.17, 15) is 0 Å². The molecule has 0 amide bonds. The van der Waals surface area contributed by atoms with Crippen LogP contribution in [0.4, 0.5) is 0 Å². The first-order chi connectivity index (χ1) is 5.95. The number of nitrogens with zero attached hydrogens (tertiary/aromatic N) is 1. The molecule has 1 N–H and O–H groups in total. The smallest absolute Gasteiger partial charge is 0.237 e. The van der Waals surface area contributed by atoms with Gasteiger partial charge in [-0.25, -0.2) is 0 Å². The minimum atomic E-state index is 0.553. The van der Waals surface area contributed by atoms with Crippen LogP contribution in [-0.4, -0.2) is 10.2 Å². The van der Waals surface area contributed by atoms with Crippen molar-refractivity contribution in [2.75, 3.05) is 0 Å². The SMILES string of the molecule is [c]1ccccc1Oc1cc[nH]n1. The summed E-state index contributed by atoms with van der Waals surface area (Å²) < 4.78 is 5.32. The van der Waals surface area contributed by atoms with Crippen LogP contribution in [0, 0.1) is 6.07 Å². The lowest BCUT2D eigenvalue weighted by molar-refractivity contribution is 0.460. The van der Waals surface area contributed by atoms with E-state index < -0.39 is 0 Å². The Kier molecular flexibility index (Phi) is 1.78. The van der Waals surface area contributed by atoms with Gasteiger partial charge in [0, 0.05) is 18.3 Å². The van der Waals surface area contributed by atoms with Crippen molar-refractivity contribution in [3.05, 3.63) is 42.6 Å². The molecule has 1 radical (unpaired) electrons. The monoisotopic (exact) mass is 159 g/mol. The first kappa shape index (κ1) is 6.91. The number of aromatic nitrogens is 2. The molecule has 0 spiro atoms. The number of nitrogens with one attached hydrogen (secondary N) is 1. The number of hydrogen-bond donors (Lipinski definition) is 1. The molecule has 59 valence electrons. The standard InChI is InChI=1S/C9H7N2O/c1-2-4-8(5-3-1)12-9-6-7-10-11-9/h1-4,6-7H,(H,10,11). The molecule has 0 saturated carbocycles. The minimum absolute atomic E-state index is 0.553. The summed E-state index contributed by atoms with van der Waals surface area (Å²) in [5.41, 5.74) is 0. The molecular formula is C9H7N2O. The van der Waals surface area contributed by atoms with E-state index in [1.165, 1.54) is 0 Å². The van der Waals surface area contributed by atoms with Gasteiger partial charge in [-0.05, 0) is 6.07 Å². The second-order valence-electron chi connectivity index (χ2n) is 2.24. The Hall–Kier alpha value is -1.77. The average Bonchev–Trinajstić information content (AvgIpc) is 2.59. The third-order valence-electron chi connectivity index (χ3n) is 1.37. The molecule has 0 aliphatic rings.